The number of carbonyl (C=O) groups is 1. The maximum Gasteiger partial charge on any atom is 0.306 e. The van der Waals surface area contributed by atoms with Crippen molar-refractivity contribution in [2.75, 3.05) is 0 Å². The molecular formula is C17H14N2O3S. The molecule has 0 radical (unpaired) electrons. The van der Waals surface area contributed by atoms with Crippen LogP contribution >= 0.6 is 11.3 Å². The van der Waals surface area contributed by atoms with E-state index in [4.69, 9.17) is 9.84 Å². The molecule has 116 valence electrons. The second-order valence-corrected chi connectivity index (χ2v) is 6.54. The second-order valence-electron chi connectivity index (χ2n) is 5.65. The van der Waals surface area contributed by atoms with Gasteiger partial charge in [-0.05, 0) is 25.0 Å². The smallest absolute Gasteiger partial charge is 0.306 e. The van der Waals surface area contributed by atoms with Gasteiger partial charge in [-0.2, -0.15) is 0 Å². The van der Waals surface area contributed by atoms with Crippen LogP contribution < -0.4 is 4.74 Å². The van der Waals surface area contributed by atoms with E-state index >= 15 is 0 Å². The molecule has 3 aromatic rings. The van der Waals surface area contributed by atoms with Crippen molar-refractivity contribution in [2.24, 2.45) is 5.92 Å². The molecule has 0 saturated heterocycles. The molecule has 23 heavy (non-hydrogen) atoms. The molecule has 1 N–H and O–H groups in total. The normalized spacial score (nSPS) is 20.2. The summed E-state index contributed by atoms with van der Waals surface area (Å²) in [4.78, 5) is 20.3. The standard InChI is InChI=1S/C17H14N2O3S/c20-17(21)11-5-12(6-11)22-16-13-3-4-18-7-10(13)1-2-14(16)15-8-19-9-23-15/h1-4,7-9,11-12H,5-6H2,(H,20,21). The highest BCUT2D eigenvalue weighted by Gasteiger charge is 2.36. The molecule has 0 bridgehead atoms. The first-order valence-corrected chi connectivity index (χ1v) is 8.25. The number of ether oxygens (including phenoxy) is 1. The SMILES string of the molecule is O=C(O)C1CC(Oc2c(-c3cncs3)ccc3cnccc23)C1. The third-order valence-electron chi connectivity index (χ3n) is 4.20. The Bertz CT molecular complexity index is 857. The number of carboxylic acids is 1. The van der Waals surface area contributed by atoms with Crippen LogP contribution in [-0.4, -0.2) is 27.1 Å². The van der Waals surface area contributed by atoms with Gasteiger partial charge in [0.15, 0.2) is 0 Å². The number of hydrogen-bond acceptors (Lipinski definition) is 5. The fraction of sp³-hybridized carbons (Fsp3) is 0.235. The van der Waals surface area contributed by atoms with E-state index in [1.807, 2.05) is 24.4 Å². The number of aliphatic carboxylic acids is 1. The molecule has 6 heteroatoms. The maximum absolute atomic E-state index is 11.0. The fourth-order valence-corrected chi connectivity index (χ4v) is 3.48. The minimum absolute atomic E-state index is 0.0541. The van der Waals surface area contributed by atoms with Gasteiger partial charge in [-0.1, -0.05) is 6.07 Å². The average Bonchev–Trinajstić information content (AvgIpc) is 3.04. The third-order valence-corrected chi connectivity index (χ3v) is 5.00. The Kier molecular flexibility index (Phi) is 3.46. The Morgan fingerprint density at radius 2 is 2.09 bits per heavy atom. The van der Waals surface area contributed by atoms with E-state index < -0.39 is 5.97 Å². The summed E-state index contributed by atoms with van der Waals surface area (Å²) < 4.78 is 6.19. The summed E-state index contributed by atoms with van der Waals surface area (Å²) in [6.45, 7) is 0. The zero-order valence-electron chi connectivity index (χ0n) is 12.2. The highest BCUT2D eigenvalue weighted by atomic mass is 32.1. The largest absolute Gasteiger partial charge is 0.489 e. The molecule has 1 saturated carbocycles. The highest BCUT2D eigenvalue weighted by molar-refractivity contribution is 7.13. The molecule has 0 aliphatic heterocycles. The van der Waals surface area contributed by atoms with Gasteiger partial charge in [0, 0.05) is 34.9 Å². The Balaban J connectivity index is 1.73. The van der Waals surface area contributed by atoms with Crippen LogP contribution in [0.1, 0.15) is 12.8 Å². The summed E-state index contributed by atoms with van der Waals surface area (Å²) in [7, 11) is 0. The van der Waals surface area contributed by atoms with Crippen molar-refractivity contribution in [3.63, 3.8) is 0 Å². The van der Waals surface area contributed by atoms with E-state index in [9.17, 15) is 4.79 Å². The molecule has 1 aliphatic carbocycles. The van der Waals surface area contributed by atoms with Crippen molar-refractivity contribution in [3.8, 4) is 16.2 Å². The van der Waals surface area contributed by atoms with E-state index in [1.54, 1.807) is 29.2 Å². The lowest BCUT2D eigenvalue weighted by molar-refractivity contribution is -0.147. The number of nitrogens with zero attached hydrogens (tertiary/aromatic N) is 2. The number of pyridine rings is 1. The molecule has 0 atom stereocenters. The summed E-state index contributed by atoms with van der Waals surface area (Å²) in [5, 5.41) is 11.0. The van der Waals surface area contributed by atoms with Crippen molar-refractivity contribution in [1.29, 1.82) is 0 Å². The number of benzene rings is 1. The van der Waals surface area contributed by atoms with Crippen LogP contribution in [0.25, 0.3) is 21.2 Å². The summed E-state index contributed by atoms with van der Waals surface area (Å²) in [5.74, 6) is -0.235. The van der Waals surface area contributed by atoms with E-state index in [-0.39, 0.29) is 12.0 Å². The molecular weight excluding hydrogens is 312 g/mol. The lowest BCUT2D eigenvalue weighted by Gasteiger charge is -2.33. The average molecular weight is 326 g/mol. The van der Waals surface area contributed by atoms with E-state index in [1.165, 1.54) is 0 Å². The molecule has 1 aliphatic rings. The van der Waals surface area contributed by atoms with Gasteiger partial charge in [-0.3, -0.25) is 14.8 Å². The summed E-state index contributed by atoms with van der Waals surface area (Å²) in [6.07, 6.45) is 6.42. The van der Waals surface area contributed by atoms with E-state index in [2.05, 4.69) is 9.97 Å². The van der Waals surface area contributed by atoms with Gasteiger partial charge in [0.05, 0.1) is 16.3 Å². The highest BCUT2D eigenvalue weighted by Crippen LogP contribution is 2.41. The first-order valence-electron chi connectivity index (χ1n) is 7.37. The molecule has 2 heterocycles. The van der Waals surface area contributed by atoms with Crippen molar-refractivity contribution in [2.45, 2.75) is 18.9 Å². The summed E-state index contributed by atoms with van der Waals surface area (Å²) in [6, 6.07) is 5.97. The summed E-state index contributed by atoms with van der Waals surface area (Å²) >= 11 is 1.56. The minimum Gasteiger partial charge on any atom is -0.489 e. The quantitative estimate of drug-likeness (QED) is 0.793. The van der Waals surface area contributed by atoms with Gasteiger partial charge >= 0.3 is 5.97 Å². The Labute approximate surface area is 136 Å². The van der Waals surface area contributed by atoms with Gasteiger partial charge in [0.1, 0.15) is 11.9 Å². The molecule has 4 rings (SSSR count). The van der Waals surface area contributed by atoms with Crippen LogP contribution in [0.4, 0.5) is 0 Å². The van der Waals surface area contributed by atoms with Crippen molar-refractivity contribution >= 4 is 28.1 Å². The maximum atomic E-state index is 11.0. The van der Waals surface area contributed by atoms with E-state index in [0.29, 0.717) is 12.8 Å². The monoisotopic (exact) mass is 326 g/mol. The number of thiazole rings is 1. The molecule has 0 spiro atoms. The molecule has 1 aromatic carbocycles. The predicted octanol–water partition coefficient (Wildman–Crippen LogP) is 3.60. The van der Waals surface area contributed by atoms with Crippen molar-refractivity contribution < 1.29 is 14.6 Å². The minimum atomic E-state index is -0.741. The molecule has 2 aromatic heterocycles. The third kappa shape index (κ3) is 2.55. The van der Waals surface area contributed by atoms with Gasteiger partial charge < -0.3 is 9.84 Å². The number of aromatic nitrogens is 2. The van der Waals surface area contributed by atoms with Crippen molar-refractivity contribution in [1.82, 2.24) is 9.97 Å². The van der Waals surface area contributed by atoms with Crippen LogP contribution in [0.2, 0.25) is 0 Å². The number of fused-ring (bicyclic) bond motifs is 1. The lowest BCUT2D eigenvalue weighted by Crippen LogP contribution is -2.38. The Morgan fingerprint density at radius 1 is 1.22 bits per heavy atom. The zero-order chi connectivity index (χ0) is 15.8. The van der Waals surface area contributed by atoms with Crippen LogP contribution in [-0.2, 0) is 4.79 Å². The van der Waals surface area contributed by atoms with Crippen LogP contribution in [0.3, 0.4) is 0 Å². The zero-order valence-corrected chi connectivity index (χ0v) is 13.0. The topological polar surface area (TPSA) is 72.3 Å². The summed E-state index contributed by atoms with van der Waals surface area (Å²) in [5.41, 5.74) is 2.78. The number of hydrogen-bond donors (Lipinski definition) is 1. The number of carboxylic acid groups (broad SMARTS) is 1. The first kappa shape index (κ1) is 14.1. The van der Waals surface area contributed by atoms with Gasteiger partial charge in [-0.15, -0.1) is 11.3 Å². The molecule has 0 unspecified atom stereocenters. The molecule has 1 fully saturated rings. The number of rotatable bonds is 4. The second kappa shape index (κ2) is 5.62. The van der Waals surface area contributed by atoms with Gasteiger partial charge in [-0.25, -0.2) is 0 Å². The van der Waals surface area contributed by atoms with Crippen molar-refractivity contribution in [3.05, 3.63) is 42.3 Å². The van der Waals surface area contributed by atoms with Crippen LogP contribution in [0.15, 0.2) is 42.3 Å². The van der Waals surface area contributed by atoms with Gasteiger partial charge in [0.2, 0.25) is 0 Å². The fourth-order valence-electron chi connectivity index (χ4n) is 2.84. The Morgan fingerprint density at radius 3 is 2.83 bits per heavy atom. The van der Waals surface area contributed by atoms with Crippen LogP contribution in [0, 0.1) is 5.92 Å². The predicted molar refractivity (Wildman–Crippen MR) is 87.6 cm³/mol. The van der Waals surface area contributed by atoms with Gasteiger partial charge in [0.25, 0.3) is 0 Å². The lowest BCUT2D eigenvalue weighted by atomic mass is 9.82. The van der Waals surface area contributed by atoms with E-state index in [0.717, 1.165) is 27.0 Å². The molecule has 5 nitrogen and oxygen atoms in total. The molecule has 0 amide bonds. The first-order chi connectivity index (χ1) is 11.2. The van der Waals surface area contributed by atoms with Crippen LogP contribution in [0.5, 0.6) is 5.75 Å². The Hall–Kier alpha value is -2.47.